The van der Waals surface area contributed by atoms with Gasteiger partial charge < -0.3 is 4.74 Å². The molecule has 1 aliphatic rings. The SMILES string of the molecule is c1ccc([C@@H]2CN(Cc3ccc4ccccc4n3)CCO2)nc1. The van der Waals surface area contributed by atoms with Crippen LogP contribution in [0.4, 0.5) is 0 Å². The van der Waals surface area contributed by atoms with Crippen molar-refractivity contribution in [3.63, 3.8) is 0 Å². The van der Waals surface area contributed by atoms with Crippen LogP contribution in [0.2, 0.25) is 0 Å². The summed E-state index contributed by atoms with van der Waals surface area (Å²) >= 11 is 0. The van der Waals surface area contributed by atoms with E-state index in [1.165, 1.54) is 5.39 Å². The third-order valence-corrected chi connectivity index (χ3v) is 4.21. The van der Waals surface area contributed by atoms with Crippen LogP contribution in [0.1, 0.15) is 17.5 Å². The Morgan fingerprint density at radius 2 is 1.96 bits per heavy atom. The maximum absolute atomic E-state index is 5.88. The molecule has 3 aromatic rings. The van der Waals surface area contributed by atoms with Gasteiger partial charge in [-0.15, -0.1) is 0 Å². The van der Waals surface area contributed by atoms with E-state index in [2.05, 4.69) is 34.1 Å². The van der Waals surface area contributed by atoms with Gasteiger partial charge in [-0.3, -0.25) is 14.9 Å². The van der Waals surface area contributed by atoms with Gasteiger partial charge >= 0.3 is 0 Å². The second kappa shape index (κ2) is 6.44. The third-order valence-electron chi connectivity index (χ3n) is 4.21. The number of hydrogen-bond donors (Lipinski definition) is 0. The predicted octanol–water partition coefficient (Wildman–Crippen LogP) is 3.20. The number of morpholine rings is 1. The molecule has 0 bridgehead atoms. The van der Waals surface area contributed by atoms with E-state index in [0.717, 1.165) is 43.1 Å². The molecule has 1 atom stereocenters. The molecule has 0 radical (unpaired) electrons. The molecule has 4 nitrogen and oxygen atoms in total. The molecular formula is C19H19N3O. The molecule has 2 aromatic heterocycles. The van der Waals surface area contributed by atoms with Gasteiger partial charge in [0, 0.05) is 31.2 Å². The Kier molecular flexibility index (Phi) is 4.01. The van der Waals surface area contributed by atoms with Crippen molar-refractivity contribution in [2.75, 3.05) is 19.7 Å². The van der Waals surface area contributed by atoms with E-state index in [1.807, 2.05) is 36.5 Å². The lowest BCUT2D eigenvalue weighted by atomic mass is 10.1. The van der Waals surface area contributed by atoms with Gasteiger partial charge in [-0.1, -0.05) is 30.3 Å². The average Bonchev–Trinajstić information content (AvgIpc) is 2.63. The van der Waals surface area contributed by atoms with E-state index in [-0.39, 0.29) is 6.10 Å². The molecule has 116 valence electrons. The topological polar surface area (TPSA) is 38.2 Å². The van der Waals surface area contributed by atoms with Crippen LogP contribution in [-0.2, 0) is 11.3 Å². The number of nitrogens with zero attached hydrogens (tertiary/aromatic N) is 3. The van der Waals surface area contributed by atoms with E-state index in [4.69, 9.17) is 9.72 Å². The molecule has 4 rings (SSSR count). The lowest BCUT2D eigenvalue weighted by Crippen LogP contribution is -2.38. The Hall–Kier alpha value is -2.30. The first kappa shape index (κ1) is 14.3. The minimum atomic E-state index is 0.0467. The number of aromatic nitrogens is 2. The second-order valence-electron chi connectivity index (χ2n) is 5.84. The highest BCUT2D eigenvalue weighted by molar-refractivity contribution is 5.78. The highest BCUT2D eigenvalue weighted by Gasteiger charge is 2.23. The Morgan fingerprint density at radius 3 is 2.87 bits per heavy atom. The Balaban J connectivity index is 1.49. The van der Waals surface area contributed by atoms with Crippen LogP contribution in [0.15, 0.2) is 60.8 Å². The fraction of sp³-hybridized carbons (Fsp3) is 0.263. The molecule has 0 saturated carbocycles. The number of pyridine rings is 2. The zero-order valence-corrected chi connectivity index (χ0v) is 12.9. The number of rotatable bonds is 3. The van der Waals surface area contributed by atoms with Crippen LogP contribution < -0.4 is 0 Å². The highest BCUT2D eigenvalue weighted by Crippen LogP contribution is 2.21. The van der Waals surface area contributed by atoms with Crippen LogP contribution >= 0.6 is 0 Å². The standard InChI is InChI=1S/C19H19N3O/c1-2-6-17-15(5-1)8-9-16(21-17)13-22-11-12-23-19(14-22)18-7-3-4-10-20-18/h1-10,19H,11-14H2/t19-/m0/s1. The summed E-state index contributed by atoms with van der Waals surface area (Å²) in [5.41, 5.74) is 3.16. The van der Waals surface area contributed by atoms with Gasteiger partial charge in [0.1, 0.15) is 6.10 Å². The summed E-state index contributed by atoms with van der Waals surface area (Å²) in [7, 11) is 0. The molecule has 0 spiro atoms. The van der Waals surface area contributed by atoms with Crippen LogP contribution in [-0.4, -0.2) is 34.6 Å². The molecule has 0 N–H and O–H groups in total. The molecule has 4 heteroatoms. The van der Waals surface area contributed by atoms with Crippen molar-refractivity contribution in [3.05, 3.63) is 72.2 Å². The largest absolute Gasteiger partial charge is 0.369 e. The van der Waals surface area contributed by atoms with Crippen LogP contribution in [0.3, 0.4) is 0 Å². The van der Waals surface area contributed by atoms with Crippen molar-refractivity contribution >= 4 is 10.9 Å². The second-order valence-corrected chi connectivity index (χ2v) is 5.84. The fourth-order valence-electron chi connectivity index (χ4n) is 3.02. The molecular weight excluding hydrogens is 286 g/mol. The molecule has 1 aliphatic heterocycles. The van der Waals surface area contributed by atoms with Gasteiger partial charge in [0.2, 0.25) is 0 Å². The van der Waals surface area contributed by atoms with Crippen molar-refractivity contribution in [1.29, 1.82) is 0 Å². The number of fused-ring (bicyclic) bond motifs is 1. The van der Waals surface area contributed by atoms with Crippen molar-refractivity contribution in [1.82, 2.24) is 14.9 Å². The summed E-state index contributed by atoms with van der Waals surface area (Å²) in [4.78, 5) is 11.6. The third kappa shape index (κ3) is 3.23. The Morgan fingerprint density at radius 1 is 1.04 bits per heavy atom. The van der Waals surface area contributed by atoms with Crippen molar-refractivity contribution < 1.29 is 4.74 Å². The number of hydrogen-bond acceptors (Lipinski definition) is 4. The average molecular weight is 305 g/mol. The molecule has 23 heavy (non-hydrogen) atoms. The smallest absolute Gasteiger partial charge is 0.112 e. The molecule has 1 fully saturated rings. The van der Waals surface area contributed by atoms with Crippen LogP contribution in [0.25, 0.3) is 10.9 Å². The monoisotopic (exact) mass is 305 g/mol. The van der Waals surface area contributed by atoms with Gasteiger partial charge in [0.25, 0.3) is 0 Å². The minimum Gasteiger partial charge on any atom is -0.369 e. The lowest BCUT2D eigenvalue weighted by Gasteiger charge is -2.32. The molecule has 1 aromatic carbocycles. The van der Waals surface area contributed by atoms with E-state index < -0.39 is 0 Å². The van der Waals surface area contributed by atoms with Gasteiger partial charge in [-0.05, 0) is 24.3 Å². The quantitative estimate of drug-likeness (QED) is 0.745. The maximum atomic E-state index is 5.88. The van der Waals surface area contributed by atoms with Crippen molar-refractivity contribution in [2.45, 2.75) is 12.6 Å². The zero-order chi connectivity index (χ0) is 15.5. The van der Waals surface area contributed by atoms with Crippen LogP contribution in [0.5, 0.6) is 0 Å². The van der Waals surface area contributed by atoms with E-state index in [1.54, 1.807) is 0 Å². The predicted molar refractivity (Wildman–Crippen MR) is 90.0 cm³/mol. The molecule has 0 unspecified atom stereocenters. The molecule has 3 heterocycles. The summed E-state index contributed by atoms with van der Waals surface area (Å²) < 4.78 is 5.88. The van der Waals surface area contributed by atoms with Crippen LogP contribution in [0, 0.1) is 0 Å². The van der Waals surface area contributed by atoms with Gasteiger partial charge in [0.15, 0.2) is 0 Å². The van der Waals surface area contributed by atoms with Gasteiger partial charge in [-0.25, -0.2) is 0 Å². The summed E-state index contributed by atoms with van der Waals surface area (Å²) in [6, 6.07) is 18.5. The Labute approximate surface area is 135 Å². The van der Waals surface area contributed by atoms with E-state index in [0.29, 0.717) is 0 Å². The lowest BCUT2D eigenvalue weighted by molar-refractivity contribution is -0.0353. The number of para-hydroxylation sites is 1. The fourth-order valence-corrected chi connectivity index (χ4v) is 3.02. The first-order chi connectivity index (χ1) is 11.4. The van der Waals surface area contributed by atoms with Crippen molar-refractivity contribution in [2.24, 2.45) is 0 Å². The van der Waals surface area contributed by atoms with E-state index >= 15 is 0 Å². The number of benzene rings is 1. The molecule has 0 aliphatic carbocycles. The zero-order valence-electron chi connectivity index (χ0n) is 12.9. The highest BCUT2D eigenvalue weighted by atomic mass is 16.5. The Bertz CT molecular complexity index is 791. The molecule has 1 saturated heterocycles. The van der Waals surface area contributed by atoms with Gasteiger partial charge in [0.05, 0.1) is 23.5 Å². The summed E-state index contributed by atoms with van der Waals surface area (Å²) in [5.74, 6) is 0. The first-order valence-electron chi connectivity index (χ1n) is 7.98. The summed E-state index contributed by atoms with van der Waals surface area (Å²) in [6.07, 6.45) is 1.87. The van der Waals surface area contributed by atoms with Crippen molar-refractivity contribution in [3.8, 4) is 0 Å². The number of ether oxygens (including phenoxy) is 1. The van der Waals surface area contributed by atoms with Gasteiger partial charge in [-0.2, -0.15) is 0 Å². The normalized spacial score (nSPS) is 19.0. The summed E-state index contributed by atoms with van der Waals surface area (Å²) in [5, 5.41) is 1.18. The van der Waals surface area contributed by atoms with E-state index in [9.17, 15) is 0 Å². The molecule has 0 amide bonds. The minimum absolute atomic E-state index is 0.0467. The maximum Gasteiger partial charge on any atom is 0.112 e. The first-order valence-corrected chi connectivity index (χ1v) is 7.98. The summed E-state index contributed by atoms with van der Waals surface area (Å²) in [6.45, 7) is 3.36.